The molecule has 0 unspecified atom stereocenters. The molecule has 0 saturated carbocycles. The van der Waals surface area contributed by atoms with E-state index in [0.717, 1.165) is 0 Å². The molecule has 0 bridgehead atoms. The summed E-state index contributed by atoms with van der Waals surface area (Å²) in [5, 5.41) is -0.0845. The van der Waals surface area contributed by atoms with E-state index in [2.05, 4.69) is 4.74 Å². The Bertz CT molecular complexity index is 439. The van der Waals surface area contributed by atoms with E-state index in [-0.39, 0.29) is 34.4 Å². The maximum Gasteiger partial charge on any atom is 0.387 e. The zero-order chi connectivity index (χ0) is 13.7. The van der Waals surface area contributed by atoms with Gasteiger partial charge in [-0.25, -0.2) is 0 Å². The fourth-order valence-electron chi connectivity index (χ4n) is 1.30. The van der Waals surface area contributed by atoms with Crippen LogP contribution >= 0.6 is 23.2 Å². The summed E-state index contributed by atoms with van der Waals surface area (Å²) in [5.74, 6) is -0.859. The Morgan fingerprint density at radius 2 is 2.06 bits per heavy atom. The zero-order valence-electron chi connectivity index (χ0n) is 9.38. The van der Waals surface area contributed by atoms with E-state index >= 15 is 0 Å². The van der Waals surface area contributed by atoms with Gasteiger partial charge < -0.3 is 9.47 Å². The first-order valence-electron chi connectivity index (χ1n) is 5.03. The van der Waals surface area contributed by atoms with E-state index in [4.69, 9.17) is 27.9 Å². The van der Waals surface area contributed by atoms with Gasteiger partial charge in [-0.15, -0.1) is 0 Å². The number of halogens is 4. The number of alkyl halides is 2. The maximum absolute atomic E-state index is 12.3. The van der Waals surface area contributed by atoms with Crippen molar-refractivity contribution in [1.82, 2.24) is 0 Å². The highest BCUT2D eigenvalue weighted by atomic mass is 35.5. The van der Waals surface area contributed by atoms with E-state index in [1.807, 2.05) is 0 Å². The number of ether oxygens (including phenoxy) is 2. The summed E-state index contributed by atoms with van der Waals surface area (Å²) in [4.78, 5) is 11.3. The van der Waals surface area contributed by atoms with Crippen LogP contribution in [0.15, 0.2) is 12.1 Å². The second-order valence-electron chi connectivity index (χ2n) is 3.21. The average molecular weight is 299 g/mol. The minimum atomic E-state index is -3.05. The fraction of sp³-hybridized carbons (Fsp3) is 0.364. The van der Waals surface area contributed by atoms with Gasteiger partial charge in [0.15, 0.2) is 0 Å². The van der Waals surface area contributed by atoms with Gasteiger partial charge in [0.1, 0.15) is 10.8 Å². The van der Waals surface area contributed by atoms with Crippen LogP contribution in [0.5, 0.6) is 5.75 Å². The van der Waals surface area contributed by atoms with Gasteiger partial charge in [-0.1, -0.05) is 29.3 Å². The highest BCUT2D eigenvalue weighted by Gasteiger charge is 2.18. The predicted molar refractivity (Wildman–Crippen MR) is 63.4 cm³/mol. The molecule has 1 rings (SSSR count). The molecule has 0 radical (unpaired) electrons. The van der Waals surface area contributed by atoms with Crippen molar-refractivity contribution in [2.45, 2.75) is 20.0 Å². The first kappa shape index (κ1) is 15.0. The molecule has 0 saturated heterocycles. The van der Waals surface area contributed by atoms with Crippen LogP contribution in [0.1, 0.15) is 12.5 Å². The first-order valence-corrected chi connectivity index (χ1v) is 5.78. The number of carbonyl (C=O) groups excluding carboxylic acids is 1. The Balaban J connectivity index is 3.02. The van der Waals surface area contributed by atoms with Crippen LogP contribution in [-0.2, 0) is 16.0 Å². The number of esters is 1. The third kappa shape index (κ3) is 3.99. The Hall–Kier alpha value is -1.07. The summed E-state index contributed by atoms with van der Waals surface area (Å²) in [6.07, 6.45) is -0.215. The van der Waals surface area contributed by atoms with Crippen molar-refractivity contribution in [3.63, 3.8) is 0 Å². The van der Waals surface area contributed by atoms with E-state index in [0.29, 0.717) is 0 Å². The van der Waals surface area contributed by atoms with Crippen molar-refractivity contribution in [2.24, 2.45) is 0 Å². The van der Waals surface area contributed by atoms with Gasteiger partial charge in [0.25, 0.3) is 0 Å². The van der Waals surface area contributed by atoms with E-state index in [1.165, 1.54) is 12.1 Å². The minimum Gasteiger partial charge on any atom is -0.466 e. The van der Waals surface area contributed by atoms with Crippen molar-refractivity contribution in [1.29, 1.82) is 0 Å². The second kappa shape index (κ2) is 6.75. The second-order valence-corrected chi connectivity index (χ2v) is 4.00. The van der Waals surface area contributed by atoms with Crippen LogP contribution in [0.4, 0.5) is 8.78 Å². The topological polar surface area (TPSA) is 35.5 Å². The van der Waals surface area contributed by atoms with Gasteiger partial charge >= 0.3 is 12.6 Å². The smallest absolute Gasteiger partial charge is 0.387 e. The molecule has 0 fully saturated rings. The molecule has 7 heteroatoms. The van der Waals surface area contributed by atoms with E-state index < -0.39 is 12.6 Å². The Morgan fingerprint density at radius 3 is 2.61 bits per heavy atom. The molecular formula is C11H10Cl2F2O3. The number of carbonyl (C=O) groups is 1. The number of hydrogen-bond acceptors (Lipinski definition) is 3. The number of rotatable bonds is 5. The SMILES string of the molecule is CCOC(=O)Cc1ccc(Cl)c(Cl)c1OC(F)F. The van der Waals surface area contributed by atoms with Crippen LogP contribution in [0.2, 0.25) is 10.0 Å². The Kier molecular flexibility index (Phi) is 5.62. The standard InChI is InChI=1S/C11H10Cl2F2O3/c1-2-17-8(16)5-6-3-4-7(12)9(13)10(6)18-11(14)15/h3-4,11H,2,5H2,1H3. The number of hydrogen-bond donors (Lipinski definition) is 0. The van der Waals surface area contributed by atoms with Crippen LogP contribution in [0.25, 0.3) is 0 Å². The highest BCUT2D eigenvalue weighted by Crippen LogP contribution is 2.36. The molecule has 0 amide bonds. The van der Waals surface area contributed by atoms with E-state index in [1.54, 1.807) is 6.92 Å². The van der Waals surface area contributed by atoms with Crippen LogP contribution in [0, 0.1) is 0 Å². The summed E-state index contributed by atoms with van der Waals surface area (Å²) >= 11 is 11.5. The molecular weight excluding hydrogens is 289 g/mol. The average Bonchev–Trinajstić information content (AvgIpc) is 2.28. The Morgan fingerprint density at radius 1 is 1.39 bits per heavy atom. The van der Waals surface area contributed by atoms with Crippen LogP contribution < -0.4 is 4.74 Å². The van der Waals surface area contributed by atoms with Crippen molar-refractivity contribution in [2.75, 3.05) is 6.61 Å². The molecule has 100 valence electrons. The summed E-state index contributed by atoms with van der Waals surface area (Å²) in [5.41, 5.74) is 0.197. The monoisotopic (exact) mass is 298 g/mol. The molecule has 18 heavy (non-hydrogen) atoms. The highest BCUT2D eigenvalue weighted by molar-refractivity contribution is 6.43. The molecule has 1 aromatic rings. The van der Waals surface area contributed by atoms with E-state index in [9.17, 15) is 13.6 Å². The lowest BCUT2D eigenvalue weighted by Gasteiger charge is -2.12. The quantitative estimate of drug-likeness (QED) is 0.778. The van der Waals surface area contributed by atoms with Gasteiger partial charge in [-0.05, 0) is 13.0 Å². The molecule has 3 nitrogen and oxygen atoms in total. The zero-order valence-corrected chi connectivity index (χ0v) is 10.9. The summed E-state index contributed by atoms with van der Waals surface area (Å²) in [6, 6.07) is 2.79. The maximum atomic E-state index is 12.3. The normalized spacial score (nSPS) is 10.6. The van der Waals surface area contributed by atoms with Crippen molar-refractivity contribution < 1.29 is 23.0 Å². The third-order valence-electron chi connectivity index (χ3n) is 1.98. The summed E-state index contributed by atoms with van der Waals surface area (Å²) < 4.78 is 33.5. The first-order chi connectivity index (χ1) is 8.45. The van der Waals surface area contributed by atoms with Crippen LogP contribution in [-0.4, -0.2) is 19.2 Å². The van der Waals surface area contributed by atoms with Gasteiger partial charge in [-0.2, -0.15) is 8.78 Å². The molecule has 0 spiro atoms. The van der Waals surface area contributed by atoms with Crippen molar-refractivity contribution in [3.05, 3.63) is 27.7 Å². The molecule has 0 N–H and O–H groups in total. The van der Waals surface area contributed by atoms with Crippen molar-refractivity contribution in [3.8, 4) is 5.75 Å². The van der Waals surface area contributed by atoms with Gasteiger partial charge in [0.05, 0.1) is 18.1 Å². The lowest BCUT2D eigenvalue weighted by molar-refractivity contribution is -0.142. The molecule has 0 heterocycles. The molecule has 0 aliphatic carbocycles. The number of benzene rings is 1. The molecule has 0 aliphatic heterocycles. The van der Waals surface area contributed by atoms with Gasteiger partial charge in [-0.3, -0.25) is 4.79 Å². The third-order valence-corrected chi connectivity index (χ3v) is 2.77. The lowest BCUT2D eigenvalue weighted by Crippen LogP contribution is -2.11. The van der Waals surface area contributed by atoms with Crippen LogP contribution in [0.3, 0.4) is 0 Å². The fourth-order valence-corrected chi connectivity index (χ4v) is 1.67. The van der Waals surface area contributed by atoms with Gasteiger partial charge in [0, 0.05) is 5.56 Å². The largest absolute Gasteiger partial charge is 0.466 e. The molecule has 1 aromatic carbocycles. The summed E-state index contributed by atoms with van der Waals surface area (Å²) in [7, 11) is 0. The molecule has 0 atom stereocenters. The summed E-state index contributed by atoms with van der Waals surface area (Å²) in [6.45, 7) is -1.21. The minimum absolute atomic E-state index is 0.0694. The predicted octanol–water partition coefficient (Wildman–Crippen LogP) is 3.70. The Labute approximate surface area is 113 Å². The lowest BCUT2D eigenvalue weighted by atomic mass is 10.1. The molecule has 0 aromatic heterocycles. The van der Waals surface area contributed by atoms with Crippen molar-refractivity contribution >= 4 is 29.2 Å². The molecule has 0 aliphatic rings. The van der Waals surface area contributed by atoms with Gasteiger partial charge in [0.2, 0.25) is 0 Å².